The molecule has 5 amide bonds. The molecule has 0 bridgehead atoms. The summed E-state index contributed by atoms with van der Waals surface area (Å²) in [6, 6.07) is 0.312. The SMILES string of the molecule is CNC(=O)CCCC(=O)NCCOCCOCCOCCC(=O)N[C@@H](CC(=O)O)C(=O)N1CCC[C@H]1C(=O)NCC(=O)OC1(C)C(=O)OCc2c1cc1n(c2=O)Cc2c-1nc1cc(F)c(C)c3c1c2CCC3. The van der Waals surface area contributed by atoms with Crippen LogP contribution in [0.3, 0.4) is 0 Å². The number of rotatable bonds is 24. The van der Waals surface area contributed by atoms with Gasteiger partial charge in [-0.3, -0.25) is 38.4 Å². The number of carboxylic acid groups (broad SMARTS) is 1. The zero-order chi connectivity index (χ0) is 51.7. The van der Waals surface area contributed by atoms with Crippen molar-refractivity contribution in [2.45, 2.75) is 109 Å². The molecular formula is C49H60FN7O15. The van der Waals surface area contributed by atoms with Gasteiger partial charge < -0.3 is 59.5 Å². The van der Waals surface area contributed by atoms with Gasteiger partial charge in [0.15, 0.2) is 0 Å². The molecule has 1 unspecified atom stereocenters. The van der Waals surface area contributed by atoms with E-state index in [1.54, 1.807) is 13.0 Å². The molecule has 1 aromatic carbocycles. The van der Waals surface area contributed by atoms with Crippen molar-refractivity contribution in [3.8, 4) is 11.4 Å². The number of nitrogens with one attached hydrogen (secondary N) is 4. The summed E-state index contributed by atoms with van der Waals surface area (Å²) in [5.41, 5.74) is 2.17. The Hall–Kier alpha value is -6.85. The average Bonchev–Trinajstić information content (AvgIpc) is 4.00. The number of likely N-dealkylation sites (tertiary alicyclic amines) is 1. The second kappa shape index (κ2) is 23.6. The minimum Gasteiger partial charge on any atom is -0.481 e. The van der Waals surface area contributed by atoms with Crippen LogP contribution in [0.15, 0.2) is 16.9 Å². The number of aryl methyl sites for hydroxylation is 2. The fourth-order valence-corrected chi connectivity index (χ4v) is 9.63. The number of aromatic nitrogens is 2. The van der Waals surface area contributed by atoms with E-state index in [4.69, 9.17) is 28.7 Å². The molecule has 1 aliphatic carbocycles. The molecule has 3 aromatic rings. The Morgan fingerprint density at radius 2 is 1.60 bits per heavy atom. The first-order valence-electron chi connectivity index (χ1n) is 24.1. The van der Waals surface area contributed by atoms with Gasteiger partial charge in [0.05, 0.1) is 75.1 Å². The summed E-state index contributed by atoms with van der Waals surface area (Å²) in [5.74, 6) is -6.33. The topological polar surface area (TPSA) is 289 Å². The number of halogens is 1. The van der Waals surface area contributed by atoms with Crippen molar-refractivity contribution in [2.24, 2.45) is 0 Å². The molecule has 7 rings (SSSR count). The number of cyclic esters (lactones) is 1. The van der Waals surface area contributed by atoms with E-state index in [-0.39, 0.29) is 114 Å². The van der Waals surface area contributed by atoms with Gasteiger partial charge in [-0.05, 0) is 75.1 Å². The minimum atomic E-state index is -2.12. The van der Waals surface area contributed by atoms with Crippen molar-refractivity contribution in [2.75, 3.05) is 66.3 Å². The van der Waals surface area contributed by atoms with Crippen LogP contribution in [-0.4, -0.2) is 145 Å². The van der Waals surface area contributed by atoms with Gasteiger partial charge in [-0.25, -0.2) is 14.2 Å². The van der Waals surface area contributed by atoms with Crippen LogP contribution in [0.4, 0.5) is 4.39 Å². The van der Waals surface area contributed by atoms with Crippen LogP contribution in [0, 0.1) is 12.7 Å². The summed E-state index contributed by atoms with van der Waals surface area (Å²) in [6.07, 6.45) is 2.71. The molecule has 1 fully saturated rings. The van der Waals surface area contributed by atoms with Gasteiger partial charge in [0.1, 0.15) is 31.1 Å². The van der Waals surface area contributed by atoms with Gasteiger partial charge in [-0.15, -0.1) is 0 Å². The van der Waals surface area contributed by atoms with Crippen LogP contribution in [0.1, 0.15) is 91.7 Å². The van der Waals surface area contributed by atoms with E-state index in [9.17, 15) is 48.3 Å². The Bertz CT molecular complexity index is 2710. The van der Waals surface area contributed by atoms with Crippen molar-refractivity contribution < 1.29 is 71.5 Å². The molecule has 0 saturated carbocycles. The van der Waals surface area contributed by atoms with Crippen molar-refractivity contribution >= 4 is 58.3 Å². The van der Waals surface area contributed by atoms with E-state index < -0.39 is 71.8 Å². The van der Waals surface area contributed by atoms with E-state index in [2.05, 4.69) is 21.3 Å². The molecule has 72 heavy (non-hydrogen) atoms. The van der Waals surface area contributed by atoms with Crippen LogP contribution in [0.25, 0.3) is 22.3 Å². The summed E-state index contributed by atoms with van der Waals surface area (Å²) < 4.78 is 44.0. The molecule has 23 heteroatoms. The molecule has 3 atom stereocenters. The van der Waals surface area contributed by atoms with Gasteiger partial charge in [0.25, 0.3) is 5.56 Å². The van der Waals surface area contributed by atoms with Crippen LogP contribution >= 0.6 is 0 Å². The number of amides is 5. The lowest BCUT2D eigenvalue weighted by atomic mass is 9.84. The maximum Gasteiger partial charge on any atom is 0.355 e. The molecular weight excluding hydrogens is 946 g/mol. The highest BCUT2D eigenvalue weighted by molar-refractivity contribution is 5.96. The van der Waals surface area contributed by atoms with E-state index in [0.717, 1.165) is 33.4 Å². The summed E-state index contributed by atoms with van der Waals surface area (Å²) in [4.78, 5) is 122. The highest BCUT2D eigenvalue weighted by atomic mass is 19.1. The first-order chi connectivity index (χ1) is 34.5. The summed E-state index contributed by atoms with van der Waals surface area (Å²) in [6.45, 7) is 3.50. The fourth-order valence-electron chi connectivity index (χ4n) is 9.63. The Morgan fingerprint density at radius 1 is 0.889 bits per heavy atom. The first kappa shape index (κ1) is 53.0. The second-order valence-electron chi connectivity index (χ2n) is 18.1. The maximum atomic E-state index is 15.1. The Kier molecular flexibility index (Phi) is 17.3. The molecule has 5 heterocycles. The minimum absolute atomic E-state index is 0.0607. The molecule has 2 aromatic heterocycles. The average molecular weight is 1010 g/mol. The summed E-state index contributed by atoms with van der Waals surface area (Å²) in [7, 11) is 1.54. The van der Waals surface area contributed by atoms with Crippen molar-refractivity contribution in [3.63, 3.8) is 0 Å². The number of fused-ring (bicyclic) bond motifs is 5. The van der Waals surface area contributed by atoms with Crippen LogP contribution in [0.2, 0.25) is 0 Å². The van der Waals surface area contributed by atoms with E-state index in [1.807, 2.05) is 0 Å². The molecule has 388 valence electrons. The van der Waals surface area contributed by atoms with Crippen molar-refractivity contribution in [1.29, 1.82) is 0 Å². The third-order valence-electron chi connectivity index (χ3n) is 13.3. The Labute approximate surface area is 413 Å². The summed E-state index contributed by atoms with van der Waals surface area (Å²) in [5, 5.41) is 20.6. The molecule has 22 nitrogen and oxygen atoms in total. The Morgan fingerprint density at radius 3 is 2.33 bits per heavy atom. The number of benzene rings is 1. The number of hydrogen-bond acceptors (Lipinski definition) is 15. The standard InChI is InChI=1S/C49H60FN7O15/c1-27-28-7-4-8-29-30-25-57-37(44(30)55-34(43(28)29)22-33(27)50)21-32-31(46(57)65)26-71-48(67)49(32,2)72-42(63)24-53-45(64)36-9-6-14-56(36)47(66)35(23-41(61)62)54-40(60)12-15-68-17-19-70-20-18-69-16-13-52-39(59)11-5-10-38(58)51-3/h21-22,35-36H,4-20,23-26H2,1-3H3,(H,51,58)(H,52,59)(H,53,64)(H,54,60)(H,61,62)/t35-,36-,49?/m0/s1. The molecule has 3 aliphatic heterocycles. The van der Waals surface area contributed by atoms with Gasteiger partial charge >= 0.3 is 17.9 Å². The number of hydrogen-bond donors (Lipinski definition) is 5. The lowest BCUT2D eigenvalue weighted by molar-refractivity contribution is -0.185. The third-order valence-corrected chi connectivity index (χ3v) is 13.3. The number of esters is 2. The molecule has 4 aliphatic rings. The molecule has 5 N–H and O–H groups in total. The normalized spacial score (nSPS) is 17.8. The number of pyridine rings is 2. The van der Waals surface area contributed by atoms with Gasteiger partial charge in [0.2, 0.25) is 35.1 Å². The highest BCUT2D eigenvalue weighted by Crippen LogP contribution is 2.43. The number of carbonyl (C=O) groups excluding carboxylic acids is 7. The fraction of sp³-hybridized carbons (Fsp3) is 0.551. The monoisotopic (exact) mass is 1010 g/mol. The van der Waals surface area contributed by atoms with E-state index in [0.29, 0.717) is 54.7 Å². The zero-order valence-electron chi connectivity index (χ0n) is 40.5. The van der Waals surface area contributed by atoms with Crippen molar-refractivity contribution in [1.82, 2.24) is 35.7 Å². The highest BCUT2D eigenvalue weighted by Gasteiger charge is 2.48. The number of ether oxygens (including phenoxy) is 5. The lowest BCUT2D eigenvalue weighted by Gasteiger charge is -2.33. The molecule has 0 spiro atoms. The first-order valence-corrected chi connectivity index (χ1v) is 24.1. The number of carboxylic acids is 1. The largest absolute Gasteiger partial charge is 0.481 e. The lowest BCUT2D eigenvalue weighted by Crippen LogP contribution is -2.54. The quantitative estimate of drug-likeness (QED) is 0.0477. The van der Waals surface area contributed by atoms with Crippen molar-refractivity contribution in [3.05, 3.63) is 61.7 Å². The number of aliphatic carboxylic acids is 1. The van der Waals surface area contributed by atoms with E-state index >= 15 is 4.39 Å². The molecule has 1 saturated heterocycles. The third kappa shape index (κ3) is 11.9. The zero-order valence-corrected chi connectivity index (χ0v) is 40.5. The smallest absolute Gasteiger partial charge is 0.355 e. The molecule has 0 radical (unpaired) electrons. The number of carbonyl (C=O) groups is 8. The van der Waals surface area contributed by atoms with Crippen LogP contribution in [0.5, 0.6) is 0 Å². The number of nitrogens with zero attached hydrogens (tertiary/aromatic N) is 3. The second-order valence-corrected chi connectivity index (χ2v) is 18.1. The van der Waals surface area contributed by atoms with Crippen LogP contribution in [-0.2, 0) is 93.6 Å². The van der Waals surface area contributed by atoms with Crippen LogP contribution < -0.4 is 26.8 Å². The maximum absolute atomic E-state index is 15.1. The van der Waals surface area contributed by atoms with Gasteiger partial charge in [0, 0.05) is 62.0 Å². The summed E-state index contributed by atoms with van der Waals surface area (Å²) >= 11 is 0. The van der Waals surface area contributed by atoms with Gasteiger partial charge in [-0.1, -0.05) is 0 Å². The predicted molar refractivity (Wildman–Crippen MR) is 250 cm³/mol. The van der Waals surface area contributed by atoms with Gasteiger partial charge in [-0.2, -0.15) is 0 Å². The van der Waals surface area contributed by atoms with E-state index in [1.165, 1.54) is 24.6 Å². The predicted octanol–water partition coefficient (Wildman–Crippen LogP) is 0.716. The Balaban J connectivity index is 0.873.